The molecule has 0 atom stereocenters. The monoisotopic (exact) mass is 326 g/mol. The summed E-state index contributed by atoms with van der Waals surface area (Å²) in [4.78, 5) is 17.7. The molecular weight excluding hydrogens is 308 g/mol. The van der Waals surface area contributed by atoms with Crippen LogP contribution in [0, 0.1) is 20.8 Å². The Hall–Kier alpha value is -2.40. The summed E-state index contributed by atoms with van der Waals surface area (Å²) in [5, 5.41) is 4.90. The molecule has 0 bridgehead atoms. The van der Waals surface area contributed by atoms with E-state index in [-0.39, 0.29) is 12.3 Å². The molecular formula is C18H18N2O2S. The lowest BCUT2D eigenvalue weighted by atomic mass is 10.1. The molecule has 0 unspecified atom stereocenters. The van der Waals surface area contributed by atoms with Crippen molar-refractivity contribution < 1.29 is 9.21 Å². The van der Waals surface area contributed by atoms with Crippen LogP contribution in [0.25, 0.3) is 10.8 Å². The highest BCUT2D eigenvalue weighted by Crippen LogP contribution is 2.26. The third-order valence-corrected chi connectivity index (χ3v) is 4.32. The van der Waals surface area contributed by atoms with E-state index >= 15 is 0 Å². The number of nitrogens with zero attached hydrogens (tertiary/aromatic N) is 1. The van der Waals surface area contributed by atoms with Crippen LogP contribution in [0.5, 0.6) is 0 Å². The second-order valence-electron chi connectivity index (χ2n) is 5.60. The van der Waals surface area contributed by atoms with Gasteiger partial charge in [-0.25, -0.2) is 4.98 Å². The Morgan fingerprint density at radius 2 is 1.96 bits per heavy atom. The minimum atomic E-state index is -0.0934. The van der Waals surface area contributed by atoms with E-state index in [4.69, 9.17) is 4.42 Å². The van der Waals surface area contributed by atoms with E-state index in [1.54, 1.807) is 11.3 Å². The summed E-state index contributed by atoms with van der Waals surface area (Å²) in [6.45, 7) is 5.86. The van der Waals surface area contributed by atoms with Gasteiger partial charge in [0.1, 0.15) is 5.76 Å². The van der Waals surface area contributed by atoms with Crippen molar-refractivity contribution in [3.05, 3.63) is 58.3 Å². The van der Waals surface area contributed by atoms with Crippen LogP contribution in [0.15, 0.2) is 40.1 Å². The second kappa shape index (κ2) is 6.38. The molecule has 118 valence electrons. The standard InChI is InChI=1S/C18H18N2O2S/c1-11-7-12(2)9-14(8-11)19-17(21)10-15-13(3)22-18(20-15)16-5-4-6-23-16/h4-9H,10H2,1-3H3,(H,19,21). The van der Waals surface area contributed by atoms with E-state index < -0.39 is 0 Å². The summed E-state index contributed by atoms with van der Waals surface area (Å²) in [5.74, 6) is 1.17. The third kappa shape index (κ3) is 3.68. The van der Waals surface area contributed by atoms with Crippen molar-refractivity contribution in [3.8, 4) is 10.8 Å². The van der Waals surface area contributed by atoms with Crippen LogP contribution in [0.3, 0.4) is 0 Å². The van der Waals surface area contributed by atoms with Gasteiger partial charge in [0.2, 0.25) is 11.8 Å². The van der Waals surface area contributed by atoms with Crippen LogP contribution in [-0.4, -0.2) is 10.9 Å². The number of rotatable bonds is 4. The number of benzene rings is 1. The number of aromatic nitrogens is 1. The zero-order chi connectivity index (χ0) is 16.4. The minimum absolute atomic E-state index is 0.0934. The Morgan fingerprint density at radius 3 is 2.61 bits per heavy atom. The first-order valence-corrected chi connectivity index (χ1v) is 8.27. The summed E-state index contributed by atoms with van der Waals surface area (Å²) < 4.78 is 5.67. The van der Waals surface area contributed by atoms with Gasteiger partial charge in [0.05, 0.1) is 17.0 Å². The predicted molar refractivity (Wildman–Crippen MR) is 92.8 cm³/mol. The molecule has 0 saturated heterocycles. The van der Waals surface area contributed by atoms with Gasteiger partial charge in [0, 0.05) is 5.69 Å². The smallest absolute Gasteiger partial charge is 0.236 e. The average molecular weight is 326 g/mol. The number of carbonyl (C=O) groups excluding carboxylic acids is 1. The molecule has 3 rings (SSSR count). The number of anilines is 1. The summed E-state index contributed by atoms with van der Waals surface area (Å²) in [6.07, 6.45) is 0.202. The lowest BCUT2D eigenvalue weighted by Gasteiger charge is -2.06. The normalized spacial score (nSPS) is 10.7. The fraction of sp³-hybridized carbons (Fsp3) is 0.222. The molecule has 1 N–H and O–H groups in total. The highest BCUT2D eigenvalue weighted by atomic mass is 32.1. The van der Waals surface area contributed by atoms with Gasteiger partial charge in [0.15, 0.2) is 0 Å². The second-order valence-corrected chi connectivity index (χ2v) is 6.55. The number of oxazole rings is 1. The molecule has 2 aromatic heterocycles. The van der Waals surface area contributed by atoms with Crippen LogP contribution in [0.1, 0.15) is 22.6 Å². The predicted octanol–water partition coefficient (Wildman–Crippen LogP) is 4.51. The van der Waals surface area contributed by atoms with Crippen LogP contribution < -0.4 is 5.32 Å². The maximum Gasteiger partial charge on any atom is 0.236 e. The zero-order valence-corrected chi connectivity index (χ0v) is 14.2. The van der Waals surface area contributed by atoms with E-state index in [0.717, 1.165) is 21.7 Å². The van der Waals surface area contributed by atoms with Gasteiger partial charge < -0.3 is 9.73 Å². The van der Waals surface area contributed by atoms with Gasteiger partial charge in [-0.15, -0.1) is 11.3 Å². The number of hydrogen-bond donors (Lipinski definition) is 1. The summed E-state index contributed by atoms with van der Waals surface area (Å²) in [5.41, 5.74) is 3.73. The first-order chi connectivity index (χ1) is 11.0. The van der Waals surface area contributed by atoms with Crippen molar-refractivity contribution in [2.75, 3.05) is 5.32 Å². The topological polar surface area (TPSA) is 55.1 Å². The Kier molecular flexibility index (Phi) is 4.30. The molecule has 1 aromatic carbocycles. The number of carbonyl (C=O) groups is 1. The van der Waals surface area contributed by atoms with Crippen LogP contribution in [0.4, 0.5) is 5.69 Å². The lowest BCUT2D eigenvalue weighted by Crippen LogP contribution is -2.15. The molecule has 23 heavy (non-hydrogen) atoms. The zero-order valence-electron chi connectivity index (χ0n) is 13.3. The molecule has 0 aliphatic carbocycles. The molecule has 0 saturated carbocycles. The van der Waals surface area contributed by atoms with E-state index in [9.17, 15) is 4.79 Å². The van der Waals surface area contributed by atoms with Crippen LogP contribution in [-0.2, 0) is 11.2 Å². The number of nitrogens with one attached hydrogen (secondary N) is 1. The number of thiophene rings is 1. The molecule has 0 fully saturated rings. The Bertz CT molecular complexity index is 815. The van der Waals surface area contributed by atoms with Crippen LogP contribution >= 0.6 is 11.3 Å². The van der Waals surface area contributed by atoms with Crippen molar-refractivity contribution in [2.24, 2.45) is 0 Å². The molecule has 0 aliphatic heterocycles. The molecule has 5 heteroatoms. The Labute approximate surface area is 139 Å². The van der Waals surface area contributed by atoms with E-state index in [2.05, 4.69) is 16.4 Å². The fourth-order valence-electron chi connectivity index (χ4n) is 2.50. The average Bonchev–Trinajstić information content (AvgIpc) is 3.08. The van der Waals surface area contributed by atoms with E-state index in [1.165, 1.54) is 0 Å². The lowest BCUT2D eigenvalue weighted by molar-refractivity contribution is -0.115. The fourth-order valence-corrected chi connectivity index (χ4v) is 3.15. The van der Waals surface area contributed by atoms with Gasteiger partial charge in [-0.1, -0.05) is 12.1 Å². The first-order valence-electron chi connectivity index (χ1n) is 7.39. The molecule has 2 heterocycles. The van der Waals surface area contributed by atoms with Crippen molar-refractivity contribution in [1.29, 1.82) is 0 Å². The van der Waals surface area contributed by atoms with Crippen molar-refractivity contribution >= 4 is 22.9 Å². The molecule has 1 amide bonds. The Balaban J connectivity index is 1.73. The highest BCUT2D eigenvalue weighted by Gasteiger charge is 2.15. The number of hydrogen-bond acceptors (Lipinski definition) is 4. The Morgan fingerprint density at radius 1 is 1.22 bits per heavy atom. The quantitative estimate of drug-likeness (QED) is 0.767. The van der Waals surface area contributed by atoms with E-state index in [1.807, 2.05) is 50.4 Å². The van der Waals surface area contributed by atoms with Crippen molar-refractivity contribution in [1.82, 2.24) is 4.98 Å². The molecule has 0 aliphatic rings. The van der Waals surface area contributed by atoms with Crippen LogP contribution in [0.2, 0.25) is 0 Å². The summed E-state index contributed by atoms with van der Waals surface area (Å²) >= 11 is 1.57. The molecule has 0 spiro atoms. The van der Waals surface area contributed by atoms with Gasteiger partial charge in [-0.05, 0) is 55.5 Å². The van der Waals surface area contributed by atoms with Gasteiger partial charge in [-0.3, -0.25) is 4.79 Å². The van der Waals surface area contributed by atoms with Gasteiger partial charge >= 0.3 is 0 Å². The number of aryl methyl sites for hydroxylation is 3. The maximum atomic E-state index is 12.3. The van der Waals surface area contributed by atoms with Crippen molar-refractivity contribution in [3.63, 3.8) is 0 Å². The maximum absolute atomic E-state index is 12.3. The van der Waals surface area contributed by atoms with Gasteiger partial charge in [0.25, 0.3) is 0 Å². The molecule has 3 aromatic rings. The third-order valence-electron chi connectivity index (χ3n) is 3.46. The summed E-state index contributed by atoms with van der Waals surface area (Å²) in [6, 6.07) is 9.89. The van der Waals surface area contributed by atoms with Crippen molar-refractivity contribution in [2.45, 2.75) is 27.2 Å². The SMILES string of the molecule is Cc1cc(C)cc(NC(=O)Cc2nc(-c3cccs3)oc2C)c1. The largest absolute Gasteiger partial charge is 0.440 e. The molecule has 4 nitrogen and oxygen atoms in total. The highest BCUT2D eigenvalue weighted by molar-refractivity contribution is 7.13. The van der Waals surface area contributed by atoms with Gasteiger partial charge in [-0.2, -0.15) is 0 Å². The van der Waals surface area contributed by atoms with E-state index in [0.29, 0.717) is 17.3 Å². The first kappa shape index (κ1) is 15.5. The minimum Gasteiger partial charge on any atom is -0.440 e. The summed E-state index contributed by atoms with van der Waals surface area (Å²) in [7, 11) is 0. The number of amides is 1. The molecule has 0 radical (unpaired) electrons.